The fourth-order valence-electron chi connectivity index (χ4n) is 2.69. The highest BCUT2D eigenvalue weighted by molar-refractivity contribution is 5.94. The van der Waals surface area contributed by atoms with Crippen molar-refractivity contribution in [3.05, 3.63) is 52.5 Å². The summed E-state index contributed by atoms with van der Waals surface area (Å²) in [5, 5.41) is 2.86. The number of ketones is 1. The Balaban J connectivity index is 2.11. The number of hydrogen-bond donors (Lipinski definition) is 1. The lowest BCUT2D eigenvalue weighted by atomic mass is 10.1. The molecule has 0 aliphatic carbocycles. The van der Waals surface area contributed by atoms with Gasteiger partial charge in [0.1, 0.15) is 5.78 Å². The number of rotatable bonds is 8. The van der Waals surface area contributed by atoms with Gasteiger partial charge in [0.15, 0.2) is 6.61 Å². The molecule has 8 heteroatoms. The van der Waals surface area contributed by atoms with E-state index in [4.69, 9.17) is 4.74 Å². The highest BCUT2D eigenvalue weighted by Crippen LogP contribution is 2.21. The van der Waals surface area contributed by atoms with Gasteiger partial charge in [0.2, 0.25) is 5.88 Å². The van der Waals surface area contributed by atoms with Crippen molar-refractivity contribution in [1.29, 1.82) is 0 Å². The average Bonchev–Trinajstić information content (AvgIpc) is 2.59. The third kappa shape index (κ3) is 6.07. The molecular formula is C20H23F2N3O3. The summed E-state index contributed by atoms with van der Waals surface area (Å²) in [4.78, 5) is 32.2. The standard InChI is InChI=1S/C20H23F2N3O3/c1-11-5-16(9-23-20(11)28-10-18(21)22)14(4)25-19(27)15-6-12(2)24-17(8-15)7-13(3)26/h5-6,8-9,14,18H,7,10H2,1-4H3,(H,25,27). The molecule has 1 atom stereocenters. The van der Waals surface area contributed by atoms with E-state index in [9.17, 15) is 18.4 Å². The summed E-state index contributed by atoms with van der Waals surface area (Å²) in [5.41, 5.74) is 2.92. The predicted molar refractivity (Wildman–Crippen MR) is 99.7 cm³/mol. The Labute approximate surface area is 162 Å². The molecule has 0 aliphatic heterocycles. The molecule has 0 spiro atoms. The number of alkyl halides is 2. The van der Waals surface area contributed by atoms with Crippen LogP contribution in [0.5, 0.6) is 5.88 Å². The van der Waals surface area contributed by atoms with E-state index in [-0.39, 0.29) is 30.0 Å². The minimum Gasteiger partial charge on any atom is -0.471 e. The number of aromatic nitrogens is 2. The molecule has 2 aromatic heterocycles. The Morgan fingerprint density at radius 2 is 1.93 bits per heavy atom. The van der Waals surface area contributed by atoms with E-state index >= 15 is 0 Å². The van der Waals surface area contributed by atoms with E-state index in [1.165, 1.54) is 13.1 Å². The van der Waals surface area contributed by atoms with Crippen molar-refractivity contribution in [2.75, 3.05) is 6.61 Å². The summed E-state index contributed by atoms with van der Waals surface area (Å²) < 4.78 is 29.5. The maximum Gasteiger partial charge on any atom is 0.272 e. The van der Waals surface area contributed by atoms with Gasteiger partial charge in [-0.2, -0.15) is 0 Å². The van der Waals surface area contributed by atoms with Gasteiger partial charge in [0.05, 0.1) is 6.04 Å². The Morgan fingerprint density at radius 1 is 1.21 bits per heavy atom. The van der Waals surface area contributed by atoms with Gasteiger partial charge in [-0.25, -0.2) is 13.8 Å². The average molecular weight is 391 g/mol. The van der Waals surface area contributed by atoms with Gasteiger partial charge < -0.3 is 10.1 Å². The van der Waals surface area contributed by atoms with Crippen LogP contribution in [-0.4, -0.2) is 34.7 Å². The minimum absolute atomic E-state index is 0.0338. The molecule has 0 aliphatic rings. The van der Waals surface area contributed by atoms with E-state index in [2.05, 4.69) is 15.3 Å². The number of nitrogens with zero attached hydrogens (tertiary/aromatic N) is 2. The number of pyridine rings is 2. The number of carbonyl (C=O) groups is 2. The number of aryl methyl sites for hydroxylation is 2. The van der Waals surface area contributed by atoms with Crippen molar-refractivity contribution in [2.45, 2.75) is 46.6 Å². The smallest absolute Gasteiger partial charge is 0.272 e. The molecule has 0 radical (unpaired) electrons. The fraction of sp³-hybridized carbons (Fsp3) is 0.400. The Kier molecular flexibility index (Phi) is 7.14. The number of hydrogen-bond acceptors (Lipinski definition) is 5. The molecule has 2 heterocycles. The lowest BCUT2D eigenvalue weighted by Crippen LogP contribution is -2.27. The predicted octanol–water partition coefficient (Wildman–Crippen LogP) is 3.36. The quantitative estimate of drug-likeness (QED) is 0.746. The summed E-state index contributed by atoms with van der Waals surface area (Å²) in [5.74, 6) is -0.201. The second-order valence-electron chi connectivity index (χ2n) is 6.66. The summed E-state index contributed by atoms with van der Waals surface area (Å²) in [6, 6.07) is 4.61. The second-order valence-corrected chi connectivity index (χ2v) is 6.66. The van der Waals surface area contributed by atoms with Crippen LogP contribution in [0.15, 0.2) is 24.4 Å². The third-order valence-electron chi connectivity index (χ3n) is 3.94. The molecule has 1 unspecified atom stereocenters. The van der Waals surface area contributed by atoms with Crippen LogP contribution in [0.2, 0.25) is 0 Å². The minimum atomic E-state index is -2.57. The van der Waals surface area contributed by atoms with Crippen molar-refractivity contribution in [3.8, 4) is 5.88 Å². The van der Waals surface area contributed by atoms with Crippen molar-refractivity contribution in [3.63, 3.8) is 0 Å². The summed E-state index contributed by atoms with van der Waals surface area (Å²) in [6.45, 7) is 6.00. The van der Waals surface area contributed by atoms with Gasteiger partial charge in [0, 0.05) is 35.1 Å². The first kappa shape index (κ1) is 21.4. The molecule has 28 heavy (non-hydrogen) atoms. The van der Waals surface area contributed by atoms with Crippen LogP contribution in [0.4, 0.5) is 8.78 Å². The zero-order chi connectivity index (χ0) is 20.8. The zero-order valence-corrected chi connectivity index (χ0v) is 16.3. The Morgan fingerprint density at radius 3 is 2.54 bits per heavy atom. The first-order valence-electron chi connectivity index (χ1n) is 8.81. The first-order valence-corrected chi connectivity index (χ1v) is 8.81. The number of nitrogens with one attached hydrogen (secondary N) is 1. The summed E-state index contributed by atoms with van der Waals surface area (Å²) in [6.07, 6.45) is -0.922. The number of halogens is 2. The monoisotopic (exact) mass is 391 g/mol. The van der Waals surface area contributed by atoms with E-state index in [0.29, 0.717) is 28.1 Å². The summed E-state index contributed by atoms with van der Waals surface area (Å²) in [7, 11) is 0. The molecule has 0 saturated carbocycles. The normalized spacial score (nSPS) is 12.0. The lowest BCUT2D eigenvalue weighted by Gasteiger charge is -2.16. The Bertz CT molecular complexity index is 872. The molecule has 2 rings (SSSR count). The lowest BCUT2D eigenvalue weighted by molar-refractivity contribution is -0.116. The van der Waals surface area contributed by atoms with Gasteiger partial charge in [-0.05, 0) is 51.5 Å². The van der Waals surface area contributed by atoms with Crippen LogP contribution in [0.25, 0.3) is 0 Å². The second kappa shape index (κ2) is 9.34. The molecule has 150 valence electrons. The van der Waals surface area contributed by atoms with Crippen LogP contribution >= 0.6 is 0 Å². The van der Waals surface area contributed by atoms with Crippen LogP contribution in [0, 0.1) is 13.8 Å². The van der Waals surface area contributed by atoms with Crippen molar-refractivity contribution >= 4 is 11.7 Å². The molecule has 0 saturated heterocycles. The van der Waals surface area contributed by atoms with E-state index in [0.717, 1.165) is 0 Å². The largest absolute Gasteiger partial charge is 0.471 e. The maximum absolute atomic E-state index is 12.6. The number of amides is 1. The fourth-order valence-corrected chi connectivity index (χ4v) is 2.69. The van der Waals surface area contributed by atoms with Gasteiger partial charge >= 0.3 is 0 Å². The van der Waals surface area contributed by atoms with E-state index in [1.54, 1.807) is 39.0 Å². The molecule has 6 nitrogen and oxygen atoms in total. The molecule has 0 aromatic carbocycles. The van der Waals surface area contributed by atoms with Crippen LogP contribution in [-0.2, 0) is 11.2 Å². The van der Waals surface area contributed by atoms with Gasteiger partial charge in [0.25, 0.3) is 12.3 Å². The van der Waals surface area contributed by atoms with Gasteiger partial charge in [-0.3, -0.25) is 14.6 Å². The number of carbonyl (C=O) groups excluding carboxylic acids is 2. The summed E-state index contributed by atoms with van der Waals surface area (Å²) >= 11 is 0. The molecular weight excluding hydrogens is 368 g/mol. The topological polar surface area (TPSA) is 81.2 Å². The Hall–Kier alpha value is -2.90. The third-order valence-corrected chi connectivity index (χ3v) is 3.94. The molecule has 1 amide bonds. The van der Waals surface area contributed by atoms with Crippen molar-refractivity contribution in [1.82, 2.24) is 15.3 Å². The van der Waals surface area contributed by atoms with E-state index in [1.807, 2.05) is 0 Å². The van der Waals surface area contributed by atoms with Gasteiger partial charge in [-0.15, -0.1) is 0 Å². The van der Waals surface area contributed by atoms with E-state index < -0.39 is 13.0 Å². The zero-order valence-electron chi connectivity index (χ0n) is 16.3. The molecule has 1 N–H and O–H groups in total. The van der Waals surface area contributed by atoms with Gasteiger partial charge in [-0.1, -0.05) is 0 Å². The molecule has 2 aromatic rings. The first-order chi connectivity index (χ1) is 13.2. The maximum atomic E-state index is 12.6. The van der Waals surface area contributed by atoms with Crippen LogP contribution in [0.1, 0.15) is 52.8 Å². The molecule has 0 bridgehead atoms. The van der Waals surface area contributed by atoms with Crippen molar-refractivity contribution < 1.29 is 23.1 Å². The molecule has 0 fully saturated rings. The van der Waals surface area contributed by atoms with Crippen molar-refractivity contribution in [2.24, 2.45) is 0 Å². The number of ether oxygens (including phenoxy) is 1. The highest BCUT2D eigenvalue weighted by atomic mass is 19.3. The van der Waals surface area contributed by atoms with Crippen LogP contribution < -0.4 is 10.1 Å². The SMILES string of the molecule is CC(=O)Cc1cc(C(=O)NC(C)c2cnc(OCC(F)F)c(C)c2)cc(C)n1. The number of Topliss-reactive ketones (excluding diaryl/α,β-unsaturated/α-hetero) is 1. The van der Waals surface area contributed by atoms with Crippen LogP contribution in [0.3, 0.4) is 0 Å². The highest BCUT2D eigenvalue weighted by Gasteiger charge is 2.16.